The van der Waals surface area contributed by atoms with E-state index in [2.05, 4.69) is 28.6 Å². The van der Waals surface area contributed by atoms with Gasteiger partial charge < -0.3 is 20.1 Å². The van der Waals surface area contributed by atoms with Gasteiger partial charge in [-0.15, -0.1) is 24.0 Å². The zero-order valence-corrected chi connectivity index (χ0v) is 17.0. The van der Waals surface area contributed by atoms with Gasteiger partial charge in [0.15, 0.2) is 17.5 Å². The van der Waals surface area contributed by atoms with E-state index >= 15 is 0 Å². The van der Waals surface area contributed by atoms with Crippen molar-refractivity contribution in [1.82, 2.24) is 10.6 Å². The molecule has 0 aliphatic carbocycles. The number of unbranched alkanes of at least 4 members (excludes halogenated alkanes) is 2. The van der Waals surface area contributed by atoms with Crippen LogP contribution in [0, 0.1) is 0 Å². The van der Waals surface area contributed by atoms with Crippen molar-refractivity contribution in [2.45, 2.75) is 32.6 Å². The number of methoxy groups -OCH3 is 2. The normalized spacial score (nSPS) is 10.7. The summed E-state index contributed by atoms with van der Waals surface area (Å²) in [5.41, 5.74) is 1.20. The lowest BCUT2D eigenvalue weighted by atomic mass is 10.1. The van der Waals surface area contributed by atoms with Gasteiger partial charge in [-0.25, -0.2) is 0 Å². The van der Waals surface area contributed by atoms with Gasteiger partial charge in [0.1, 0.15) is 0 Å². The van der Waals surface area contributed by atoms with E-state index in [9.17, 15) is 0 Å². The number of benzene rings is 1. The smallest absolute Gasteiger partial charge is 0.190 e. The van der Waals surface area contributed by atoms with Crippen LogP contribution in [0.3, 0.4) is 0 Å². The zero-order chi connectivity index (χ0) is 16.2. The molecule has 0 aromatic heterocycles. The lowest BCUT2D eigenvalue weighted by Gasteiger charge is -2.13. The van der Waals surface area contributed by atoms with Crippen LogP contribution in [0.2, 0.25) is 0 Å². The Morgan fingerprint density at radius 1 is 1.04 bits per heavy atom. The molecule has 23 heavy (non-hydrogen) atoms. The first-order valence-electron chi connectivity index (χ1n) is 7.90. The summed E-state index contributed by atoms with van der Waals surface area (Å²) in [5, 5.41) is 6.65. The summed E-state index contributed by atoms with van der Waals surface area (Å²) >= 11 is 0. The Kier molecular flexibility index (Phi) is 12.6. The highest BCUT2D eigenvalue weighted by molar-refractivity contribution is 14.0. The third-order valence-corrected chi connectivity index (χ3v) is 3.45. The number of hydrogen-bond donors (Lipinski definition) is 2. The maximum absolute atomic E-state index is 5.32. The average Bonchev–Trinajstić information content (AvgIpc) is 2.56. The molecule has 5 nitrogen and oxygen atoms in total. The minimum atomic E-state index is 0. The molecule has 0 atom stereocenters. The van der Waals surface area contributed by atoms with E-state index in [1.807, 2.05) is 12.1 Å². The number of rotatable bonds is 9. The molecule has 0 unspecified atom stereocenters. The molecule has 0 aliphatic rings. The van der Waals surface area contributed by atoms with Crippen LogP contribution in [0.25, 0.3) is 0 Å². The van der Waals surface area contributed by atoms with E-state index in [1.165, 1.54) is 24.8 Å². The molecule has 1 aromatic rings. The maximum atomic E-state index is 5.32. The Labute approximate surface area is 157 Å². The highest BCUT2D eigenvalue weighted by Gasteiger charge is 2.04. The monoisotopic (exact) mass is 435 g/mol. The Bertz CT molecular complexity index is 467. The fourth-order valence-electron chi connectivity index (χ4n) is 2.16. The number of guanidine groups is 1. The van der Waals surface area contributed by atoms with Crippen LogP contribution >= 0.6 is 24.0 Å². The minimum absolute atomic E-state index is 0. The van der Waals surface area contributed by atoms with Crippen LogP contribution in [0.1, 0.15) is 31.7 Å². The van der Waals surface area contributed by atoms with Gasteiger partial charge in [0.25, 0.3) is 0 Å². The molecule has 6 heteroatoms. The van der Waals surface area contributed by atoms with Crippen molar-refractivity contribution in [2.24, 2.45) is 4.99 Å². The van der Waals surface area contributed by atoms with Crippen LogP contribution in [0.5, 0.6) is 11.5 Å². The molecule has 0 spiro atoms. The first-order chi connectivity index (χ1) is 10.7. The standard InChI is InChI=1S/C17H29N3O2.HI/c1-5-6-7-11-19-17(18-2)20-12-10-14-8-9-15(21-3)16(13-14)22-4;/h8-9,13H,5-7,10-12H2,1-4H3,(H2,18,19,20);1H. The first kappa shape index (κ1) is 21.8. The first-order valence-corrected chi connectivity index (χ1v) is 7.90. The number of nitrogens with one attached hydrogen (secondary N) is 2. The molecule has 0 bridgehead atoms. The predicted octanol–water partition coefficient (Wildman–Crippen LogP) is 3.22. The molecule has 2 N–H and O–H groups in total. The van der Waals surface area contributed by atoms with E-state index in [4.69, 9.17) is 9.47 Å². The number of hydrogen-bond acceptors (Lipinski definition) is 3. The Morgan fingerprint density at radius 3 is 2.35 bits per heavy atom. The summed E-state index contributed by atoms with van der Waals surface area (Å²) in [6.45, 7) is 3.99. The summed E-state index contributed by atoms with van der Waals surface area (Å²) in [5.74, 6) is 2.38. The summed E-state index contributed by atoms with van der Waals surface area (Å²) in [4.78, 5) is 4.23. The molecule has 0 amide bonds. The van der Waals surface area contributed by atoms with Gasteiger partial charge in [0.05, 0.1) is 14.2 Å². The molecular formula is C17H30IN3O2. The van der Waals surface area contributed by atoms with Gasteiger partial charge in [0, 0.05) is 20.1 Å². The second-order valence-electron chi connectivity index (χ2n) is 5.07. The number of aliphatic imine (C=N–C) groups is 1. The number of halogens is 1. The molecular weight excluding hydrogens is 405 g/mol. The van der Waals surface area contributed by atoms with Crippen LogP contribution < -0.4 is 20.1 Å². The second-order valence-corrected chi connectivity index (χ2v) is 5.07. The quantitative estimate of drug-likeness (QED) is 0.271. The summed E-state index contributed by atoms with van der Waals surface area (Å²) < 4.78 is 10.6. The van der Waals surface area contributed by atoms with E-state index < -0.39 is 0 Å². The highest BCUT2D eigenvalue weighted by atomic mass is 127. The number of ether oxygens (including phenoxy) is 2. The van der Waals surface area contributed by atoms with Gasteiger partial charge in [-0.1, -0.05) is 25.8 Å². The average molecular weight is 435 g/mol. The van der Waals surface area contributed by atoms with E-state index in [0.717, 1.165) is 37.0 Å². The predicted molar refractivity (Wildman–Crippen MR) is 108 cm³/mol. The third-order valence-electron chi connectivity index (χ3n) is 3.45. The van der Waals surface area contributed by atoms with Gasteiger partial charge >= 0.3 is 0 Å². The van der Waals surface area contributed by atoms with Gasteiger partial charge in [-0.05, 0) is 30.5 Å². The lowest BCUT2D eigenvalue weighted by Crippen LogP contribution is -2.38. The van der Waals surface area contributed by atoms with Crippen LogP contribution in [-0.4, -0.2) is 40.3 Å². The van der Waals surface area contributed by atoms with E-state index in [1.54, 1.807) is 21.3 Å². The van der Waals surface area contributed by atoms with Crippen LogP contribution in [0.15, 0.2) is 23.2 Å². The molecule has 0 radical (unpaired) electrons. The van der Waals surface area contributed by atoms with Crippen molar-refractivity contribution >= 4 is 29.9 Å². The molecule has 0 saturated carbocycles. The van der Waals surface area contributed by atoms with Crippen molar-refractivity contribution in [1.29, 1.82) is 0 Å². The Morgan fingerprint density at radius 2 is 1.74 bits per heavy atom. The number of nitrogens with zero attached hydrogens (tertiary/aromatic N) is 1. The fourth-order valence-corrected chi connectivity index (χ4v) is 2.16. The summed E-state index contributed by atoms with van der Waals surface area (Å²) in [6, 6.07) is 6.00. The minimum Gasteiger partial charge on any atom is -0.493 e. The van der Waals surface area contributed by atoms with Crippen LogP contribution in [-0.2, 0) is 6.42 Å². The molecule has 0 saturated heterocycles. The molecule has 0 heterocycles. The Balaban J connectivity index is 0.00000484. The molecule has 132 valence electrons. The largest absolute Gasteiger partial charge is 0.493 e. The van der Waals surface area contributed by atoms with Crippen molar-refractivity contribution in [3.8, 4) is 11.5 Å². The summed E-state index contributed by atoms with van der Waals surface area (Å²) in [6.07, 6.45) is 4.55. The molecule has 0 fully saturated rings. The van der Waals surface area contributed by atoms with Gasteiger partial charge in [-0.2, -0.15) is 0 Å². The molecule has 1 rings (SSSR count). The fraction of sp³-hybridized carbons (Fsp3) is 0.588. The Hall–Kier alpha value is -1.18. The summed E-state index contributed by atoms with van der Waals surface area (Å²) in [7, 11) is 5.10. The van der Waals surface area contributed by atoms with Gasteiger partial charge in [0.2, 0.25) is 0 Å². The maximum Gasteiger partial charge on any atom is 0.190 e. The molecule has 1 aromatic carbocycles. The van der Waals surface area contributed by atoms with Crippen molar-refractivity contribution < 1.29 is 9.47 Å². The van der Waals surface area contributed by atoms with Crippen LogP contribution in [0.4, 0.5) is 0 Å². The topological polar surface area (TPSA) is 54.9 Å². The van der Waals surface area contributed by atoms with Crippen molar-refractivity contribution in [3.05, 3.63) is 23.8 Å². The van der Waals surface area contributed by atoms with E-state index in [0.29, 0.717) is 0 Å². The van der Waals surface area contributed by atoms with Crippen molar-refractivity contribution in [2.75, 3.05) is 34.4 Å². The van der Waals surface area contributed by atoms with Crippen molar-refractivity contribution in [3.63, 3.8) is 0 Å². The zero-order valence-electron chi connectivity index (χ0n) is 14.6. The second kappa shape index (κ2) is 13.3. The third kappa shape index (κ3) is 8.29. The molecule has 0 aliphatic heterocycles. The SMILES string of the molecule is CCCCCNC(=NC)NCCc1ccc(OC)c(OC)c1.I. The van der Waals surface area contributed by atoms with E-state index in [-0.39, 0.29) is 24.0 Å². The lowest BCUT2D eigenvalue weighted by molar-refractivity contribution is 0.354. The highest BCUT2D eigenvalue weighted by Crippen LogP contribution is 2.27. The van der Waals surface area contributed by atoms with Gasteiger partial charge in [-0.3, -0.25) is 4.99 Å².